The number of aromatic nitrogens is 1. The van der Waals surface area contributed by atoms with Crippen LogP contribution in [-0.4, -0.2) is 10.9 Å². The number of anilines is 1. The Morgan fingerprint density at radius 2 is 2.06 bits per heavy atom. The summed E-state index contributed by atoms with van der Waals surface area (Å²) in [5.74, 6) is -0.925. The van der Waals surface area contributed by atoms with Gasteiger partial charge in [0.15, 0.2) is 0 Å². The van der Waals surface area contributed by atoms with Gasteiger partial charge in [-0.25, -0.2) is 9.37 Å². The van der Waals surface area contributed by atoms with Crippen LogP contribution in [0.2, 0.25) is 10.0 Å². The fourth-order valence-corrected chi connectivity index (χ4v) is 1.71. The Bertz CT molecular complexity index is 604. The number of rotatable bonds is 2. The van der Waals surface area contributed by atoms with Crippen molar-refractivity contribution in [1.82, 2.24) is 4.98 Å². The maximum Gasteiger partial charge on any atom is 0.258 e. The summed E-state index contributed by atoms with van der Waals surface area (Å²) < 4.78 is 13.2. The van der Waals surface area contributed by atoms with Gasteiger partial charge < -0.3 is 5.32 Å². The Labute approximate surface area is 113 Å². The molecule has 0 saturated heterocycles. The zero-order chi connectivity index (χ0) is 13.1. The van der Waals surface area contributed by atoms with E-state index in [-0.39, 0.29) is 16.4 Å². The van der Waals surface area contributed by atoms with Crippen molar-refractivity contribution in [3.8, 4) is 0 Å². The van der Waals surface area contributed by atoms with Crippen molar-refractivity contribution in [2.75, 3.05) is 5.32 Å². The predicted octanol–water partition coefficient (Wildman–Crippen LogP) is 3.78. The summed E-state index contributed by atoms with van der Waals surface area (Å²) in [6, 6.07) is 7.06. The summed E-state index contributed by atoms with van der Waals surface area (Å²) in [7, 11) is 0. The van der Waals surface area contributed by atoms with Gasteiger partial charge in [0.25, 0.3) is 5.91 Å². The summed E-state index contributed by atoms with van der Waals surface area (Å²) in [6.45, 7) is 0. The molecule has 0 aliphatic heterocycles. The Morgan fingerprint density at radius 1 is 1.28 bits per heavy atom. The van der Waals surface area contributed by atoms with Gasteiger partial charge >= 0.3 is 0 Å². The van der Waals surface area contributed by atoms with Gasteiger partial charge in [0.2, 0.25) is 0 Å². The molecule has 0 fully saturated rings. The maximum atomic E-state index is 13.2. The highest BCUT2D eigenvalue weighted by atomic mass is 35.5. The van der Waals surface area contributed by atoms with E-state index in [1.807, 2.05) is 0 Å². The number of carbonyl (C=O) groups excluding carboxylic acids is 1. The van der Waals surface area contributed by atoms with Gasteiger partial charge in [-0.3, -0.25) is 4.79 Å². The summed E-state index contributed by atoms with van der Waals surface area (Å²) in [5, 5.41) is 2.69. The zero-order valence-corrected chi connectivity index (χ0v) is 10.5. The van der Waals surface area contributed by atoms with E-state index in [1.54, 1.807) is 6.07 Å². The van der Waals surface area contributed by atoms with Crippen LogP contribution in [0.4, 0.5) is 10.2 Å². The molecule has 0 bridgehead atoms. The first-order valence-electron chi connectivity index (χ1n) is 4.95. The smallest absolute Gasteiger partial charge is 0.258 e. The highest BCUT2D eigenvalue weighted by molar-refractivity contribution is 6.34. The van der Waals surface area contributed by atoms with Crippen LogP contribution in [-0.2, 0) is 0 Å². The van der Waals surface area contributed by atoms with Crippen LogP contribution in [0.1, 0.15) is 10.4 Å². The minimum atomic E-state index is -0.650. The third kappa shape index (κ3) is 2.78. The van der Waals surface area contributed by atoms with E-state index in [4.69, 9.17) is 23.2 Å². The minimum absolute atomic E-state index is 0.0402. The monoisotopic (exact) mass is 284 g/mol. The number of carbonyl (C=O) groups is 1. The molecule has 0 aliphatic carbocycles. The van der Waals surface area contributed by atoms with Crippen molar-refractivity contribution in [3.05, 3.63) is 58.0 Å². The van der Waals surface area contributed by atoms with E-state index in [9.17, 15) is 9.18 Å². The lowest BCUT2D eigenvalue weighted by molar-refractivity contribution is 0.102. The van der Waals surface area contributed by atoms with Crippen LogP contribution in [0.25, 0.3) is 0 Å². The van der Waals surface area contributed by atoms with E-state index in [1.165, 1.54) is 30.5 Å². The number of hydrogen-bond donors (Lipinski definition) is 1. The lowest BCUT2D eigenvalue weighted by Gasteiger charge is -2.06. The highest BCUT2D eigenvalue weighted by Crippen LogP contribution is 2.21. The number of nitrogens with one attached hydrogen (secondary N) is 1. The van der Waals surface area contributed by atoms with Crippen LogP contribution < -0.4 is 5.32 Å². The van der Waals surface area contributed by atoms with Gasteiger partial charge in [-0.1, -0.05) is 29.3 Å². The standard InChI is InChI=1S/C12H7Cl2FN2O/c13-7-4-5-16-10(6-7)17-12(18)8-2-1-3-9(15)11(8)14/h1-6H,(H,16,17,18). The maximum absolute atomic E-state index is 13.2. The fraction of sp³-hybridized carbons (Fsp3) is 0. The molecule has 0 spiro atoms. The molecule has 1 amide bonds. The Morgan fingerprint density at radius 3 is 2.78 bits per heavy atom. The summed E-state index contributed by atoms with van der Waals surface area (Å²) in [6.07, 6.45) is 1.45. The third-order valence-electron chi connectivity index (χ3n) is 2.16. The molecule has 0 atom stereocenters. The van der Waals surface area contributed by atoms with Gasteiger partial charge in [0, 0.05) is 11.2 Å². The first kappa shape index (κ1) is 12.8. The molecule has 0 radical (unpaired) electrons. The largest absolute Gasteiger partial charge is 0.306 e. The molecule has 18 heavy (non-hydrogen) atoms. The Balaban J connectivity index is 2.25. The topological polar surface area (TPSA) is 42.0 Å². The number of benzene rings is 1. The number of amides is 1. The van der Waals surface area contributed by atoms with E-state index >= 15 is 0 Å². The van der Waals surface area contributed by atoms with Gasteiger partial charge in [0.05, 0.1) is 10.6 Å². The van der Waals surface area contributed by atoms with E-state index in [0.29, 0.717) is 5.02 Å². The first-order chi connectivity index (χ1) is 8.58. The Kier molecular flexibility index (Phi) is 3.79. The second-order valence-electron chi connectivity index (χ2n) is 3.41. The van der Waals surface area contributed by atoms with Crippen molar-refractivity contribution in [3.63, 3.8) is 0 Å². The molecule has 0 aliphatic rings. The minimum Gasteiger partial charge on any atom is -0.306 e. The van der Waals surface area contributed by atoms with Crippen molar-refractivity contribution in [1.29, 1.82) is 0 Å². The predicted molar refractivity (Wildman–Crippen MR) is 68.6 cm³/mol. The average molecular weight is 285 g/mol. The SMILES string of the molecule is O=C(Nc1cc(Cl)ccn1)c1cccc(F)c1Cl. The van der Waals surface area contributed by atoms with Crippen LogP contribution in [0.5, 0.6) is 0 Å². The second kappa shape index (κ2) is 5.33. The second-order valence-corrected chi connectivity index (χ2v) is 4.23. The summed E-state index contributed by atoms with van der Waals surface area (Å²) in [4.78, 5) is 15.8. The molecule has 0 unspecified atom stereocenters. The molecule has 92 valence electrons. The number of halogens is 3. The van der Waals surface area contributed by atoms with Gasteiger partial charge in [-0.2, -0.15) is 0 Å². The lowest BCUT2D eigenvalue weighted by atomic mass is 10.2. The van der Waals surface area contributed by atoms with E-state index < -0.39 is 11.7 Å². The van der Waals surface area contributed by atoms with Crippen molar-refractivity contribution in [2.24, 2.45) is 0 Å². The normalized spacial score (nSPS) is 10.2. The first-order valence-corrected chi connectivity index (χ1v) is 5.70. The molecule has 0 saturated carbocycles. The van der Waals surface area contributed by atoms with Crippen LogP contribution in [0.3, 0.4) is 0 Å². The number of nitrogens with zero attached hydrogens (tertiary/aromatic N) is 1. The molecule has 2 aromatic rings. The Hall–Kier alpha value is -1.65. The molecule has 1 heterocycles. The lowest BCUT2D eigenvalue weighted by Crippen LogP contribution is -2.13. The average Bonchev–Trinajstić information content (AvgIpc) is 2.32. The molecule has 1 aromatic heterocycles. The molecule has 6 heteroatoms. The van der Waals surface area contributed by atoms with Crippen LogP contribution >= 0.6 is 23.2 Å². The van der Waals surface area contributed by atoms with Gasteiger partial charge in [-0.05, 0) is 24.3 Å². The summed E-state index contributed by atoms with van der Waals surface area (Å²) in [5.41, 5.74) is 0.0402. The van der Waals surface area contributed by atoms with Crippen LogP contribution in [0.15, 0.2) is 36.5 Å². The van der Waals surface area contributed by atoms with Crippen LogP contribution in [0, 0.1) is 5.82 Å². The molecule has 2 rings (SSSR count). The molecule has 3 nitrogen and oxygen atoms in total. The molecular weight excluding hydrogens is 278 g/mol. The highest BCUT2D eigenvalue weighted by Gasteiger charge is 2.13. The molecule has 1 aromatic carbocycles. The third-order valence-corrected chi connectivity index (χ3v) is 2.78. The van der Waals surface area contributed by atoms with Gasteiger partial charge in [-0.15, -0.1) is 0 Å². The van der Waals surface area contributed by atoms with E-state index in [2.05, 4.69) is 10.3 Å². The van der Waals surface area contributed by atoms with E-state index in [0.717, 1.165) is 0 Å². The number of pyridine rings is 1. The molecule has 1 N–H and O–H groups in total. The summed E-state index contributed by atoms with van der Waals surface area (Å²) >= 11 is 11.5. The van der Waals surface area contributed by atoms with Crippen molar-refractivity contribution < 1.29 is 9.18 Å². The zero-order valence-electron chi connectivity index (χ0n) is 8.95. The fourth-order valence-electron chi connectivity index (χ4n) is 1.34. The quantitative estimate of drug-likeness (QED) is 0.912. The van der Waals surface area contributed by atoms with Gasteiger partial charge in [0.1, 0.15) is 11.6 Å². The van der Waals surface area contributed by atoms with Crippen molar-refractivity contribution >= 4 is 34.9 Å². The number of hydrogen-bond acceptors (Lipinski definition) is 2. The van der Waals surface area contributed by atoms with Crippen molar-refractivity contribution in [2.45, 2.75) is 0 Å². The molecular formula is C12H7Cl2FN2O.